The van der Waals surface area contributed by atoms with E-state index in [1.165, 1.54) is 0 Å². The topological polar surface area (TPSA) is 88.7 Å². The lowest BCUT2D eigenvalue weighted by molar-refractivity contribution is -0.118. The van der Waals surface area contributed by atoms with Crippen molar-refractivity contribution in [2.24, 2.45) is 0 Å². The number of anilines is 1. The van der Waals surface area contributed by atoms with Crippen molar-refractivity contribution in [2.45, 2.75) is 25.8 Å². The fourth-order valence-corrected chi connectivity index (χ4v) is 2.35. The van der Waals surface area contributed by atoms with Gasteiger partial charge in [-0.05, 0) is 68.3 Å². The number of ether oxygens (including phenoxy) is 2. The van der Waals surface area contributed by atoms with Gasteiger partial charge < -0.3 is 20.1 Å². The van der Waals surface area contributed by atoms with Crippen LogP contribution in [-0.4, -0.2) is 31.1 Å². The van der Waals surface area contributed by atoms with Crippen LogP contribution in [0, 0.1) is 0 Å². The molecule has 0 aliphatic heterocycles. The molecule has 3 N–H and O–H groups in total. The van der Waals surface area contributed by atoms with Crippen LogP contribution in [-0.2, 0) is 4.79 Å². The van der Waals surface area contributed by atoms with Crippen LogP contribution in [0.3, 0.4) is 0 Å². The highest BCUT2D eigenvalue weighted by molar-refractivity contribution is 5.96. The summed E-state index contributed by atoms with van der Waals surface area (Å²) in [7, 11) is 0. The van der Waals surface area contributed by atoms with Crippen LogP contribution in [0.1, 0.15) is 19.8 Å². The first-order valence-electron chi connectivity index (χ1n) is 8.97. The Balaban J connectivity index is 1.43. The molecule has 1 aliphatic rings. The Hall–Kier alpha value is -3.22. The summed E-state index contributed by atoms with van der Waals surface area (Å²) in [5.41, 5.74) is 0.756. The minimum atomic E-state index is -0.441. The number of carbonyl (C=O) groups excluding carboxylic acids is 2. The average Bonchev–Trinajstić information content (AvgIpc) is 3.47. The molecule has 7 nitrogen and oxygen atoms in total. The first-order chi connectivity index (χ1) is 13.1. The highest BCUT2D eigenvalue weighted by Crippen LogP contribution is 2.25. The molecule has 0 unspecified atom stereocenters. The molecule has 0 aromatic heterocycles. The van der Waals surface area contributed by atoms with E-state index in [0.29, 0.717) is 18.1 Å². The number of imide groups is 1. The van der Waals surface area contributed by atoms with E-state index >= 15 is 0 Å². The second-order valence-corrected chi connectivity index (χ2v) is 6.18. The van der Waals surface area contributed by atoms with Crippen LogP contribution in [0.25, 0.3) is 0 Å². The summed E-state index contributed by atoms with van der Waals surface area (Å²) in [4.78, 5) is 23.2. The number of urea groups is 1. The van der Waals surface area contributed by atoms with Gasteiger partial charge in [0.2, 0.25) is 5.91 Å². The van der Waals surface area contributed by atoms with Gasteiger partial charge in [0.15, 0.2) is 0 Å². The lowest BCUT2D eigenvalue weighted by atomic mass is 10.3. The van der Waals surface area contributed by atoms with Gasteiger partial charge in [-0.25, -0.2) is 4.79 Å². The van der Waals surface area contributed by atoms with E-state index in [2.05, 4.69) is 16.0 Å². The molecule has 0 atom stereocenters. The van der Waals surface area contributed by atoms with Crippen molar-refractivity contribution < 1.29 is 19.1 Å². The molecule has 1 aliphatic carbocycles. The van der Waals surface area contributed by atoms with Crippen LogP contribution in [0.2, 0.25) is 0 Å². The first kappa shape index (κ1) is 18.6. The maximum Gasteiger partial charge on any atom is 0.321 e. The third kappa shape index (κ3) is 6.22. The Labute approximate surface area is 158 Å². The zero-order valence-corrected chi connectivity index (χ0v) is 15.2. The van der Waals surface area contributed by atoms with Gasteiger partial charge in [-0.1, -0.05) is 0 Å². The molecule has 0 saturated heterocycles. The summed E-state index contributed by atoms with van der Waals surface area (Å²) in [5.74, 6) is 1.80. The Bertz CT molecular complexity index is 771. The quantitative estimate of drug-likeness (QED) is 0.665. The summed E-state index contributed by atoms with van der Waals surface area (Å²) < 4.78 is 11.2. The van der Waals surface area contributed by atoms with Gasteiger partial charge in [0.25, 0.3) is 0 Å². The van der Waals surface area contributed by atoms with Gasteiger partial charge in [-0.2, -0.15) is 0 Å². The molecular weight excluding hydrogens is 346 g/mol. The maximum atomic E-state index is 11.7. The predicted molar refractivity (Wildman–Crippen MR) is 102 cm³/mol. The zero-order chi connectivity index (χ0) is 19.1. The summed E-state index contributed by atoms with van der Waals surface area (Å²) >= 11 is 0. The number of nitrogens with one attached hydrogen (secondary N) is 3. The molecule has 142 valence electrons. The summed E-state index contributed by atoms with van der Waals surface area (Å²) in [5, 5.41) is 7.96. The van der Waals surface area contributed by atoms with E-state index in [-0.39, 0.29) is 18.5 Å². The normalized spacial score (nSPS) is 12.8. The van der Waals surface area contributed by atoms with Crippen LogP contribution in [0.4, 0.5) is 10.5 Å². The van der Waals surface area contributed by atoms with Crippen molar-refractivity contribution >= 4 is 17.6 Å². The van der Waals surface area contributed by atoms with Gasteiger partial charge in [-0.15, -0.1) is 0 Å². The van der Waals surface area contributed by atoms with Gasteiger partial charge in [-0.3, -0.25) is 10.1 Å². The smallest absolute Gasteiger partial charge is 0.321 e. The lowest BCUT2D eigenvalue weighted by Crippen LogP contribution is -2.42. The van der Waals surface area contributed by atoms with Gasteiger partial charge in [0, 0.05) is 11.7 Å². The minimum absolute atomic E-state index is 0.0111. The van der Waals surface area contributed by atoms with E-state index in [4.69, 9.17) is 9.47 Å². The molecule has 3 amide bonds. The lowest BCUT2D eigenvalue weighted by Gasteiger charge is -2.10. The van der Waals surface area contributed by atoms with E-state index < -0.39 is 6.03 Å². The van der Waals surface area contributed by atoms with Crippen molar-refractivity contribution in [3.63, 3.8) is 0 Å². The molecule has 2 aromatic rings. The standard InChI is InChI=1S/C20H23N3O4/c1-2-26-16-9-11-18(12-10-16)27-17-7-5-14(6-8-17)21-13-19(24)23-20(25)22-15-3-4-15/h5-12,15,21H,2-4,13H2,1H3,(H2,22,23,24,25). The van der Waals surface area contributed by atoms with Crippen LogP contribution in [0.5, 0.6) is 17.2 Å². The van der Waals surface area contributed by atoms with Crippen molar-refractivity contribution in [1.29, 1.82) is 0 Å². The molecule has 27 heavy (non-hydrogen) atoms. The monoisotopic (exact) mass is 369 g/mol. The first-order valence-corrected chi connectivity index (χ1v) is 8.97. The van der Waals surface area contributed by atoms with E-state index in [1.807, 2.05) is 31.2 Å². The SMILES string of the molecule is CCOc1ccc(Oc2ccc(NCC(=O)NC(=O)NC3CC3)cc2)cc1. The molecular formula is C20H23N3O4. The molecule has 1 saturated carbocycles. The number of carbonyl (C=O) groups is 2. The maximum absolute atomic E-state index is 11.7. The van der Waals surface area contributed by atoms with Crippen LogP contribution in [0.15, 0.2) is 48.5 Å². The summed E-state index contributed by atoms with van der Waals surface area (Å²) in [6, 6.07) is 14.4. The van der Waals surface area contributed by atoms with Crippen molar-refractivity contribution in [3.05, 3.63) is 48.5 Å². The second-order valence-electron chi connectivity index (χ2n) is 6.18. The Morgan fingerprint density at radius 1 is 0.963 bits per heavy atom. The number of hydrogen-bond acceptors (Lipinski definition) is 5. The molecule has 1 fully saturated rings. The van der Waals surface area contributed by atoms with Crippen molar-refractivity contribution in [3.8, 4) is 17.2 Å². The van der Waals surface area contributed by atoms with E-state index in [9.17, 15) is 9.59 Å². The molecule has 3 rings (SSSR count). The Morgan fingerprint density at radius 3 is 2.15 bits per heavy atom. The number of rotatable bonds is 8. The molecule has 0 spiro atoms. The molecule has 0 bridgehead atoms. The van der Waals surface area contributed by atoms with E-state index in [1.54, 1.807) is 24.3 Å². The van der Waals surface area contributed by atoms with E-state index in [0.717, 1.165) is 24.3 Å². The summed E-state index contributed by atoms with van der Waals surface area (Å²) in [6.45, 7) is 2.57. The molecule has 2 aromatic carbocycles. The molecule has 0 radical (unpaired) electrons. The Kier molecular flexibility index (Phi) is 6.14. The minimum Gasteiger partial charge on any atom is -0.494 e. The van der Waals surface area contributed by atoms with Gasteiger partial charge in [0.1, 0.15) is 17.2 Å². The number of benzene rings is 2. The van der Waals surface area contributed by atoms with Crippen molar-refractivity contribution in [1.82, 2.24) is 10.6 Å². The Morgan fingerprint density at radius 2 is 1.56 bits per heavy atom. The van der Waals surface area contributed by atoms with Gasteiger partial charge in [0.05, 0.1) is 13.2 Å². The average molecular weight is 369 g/mol. The highest BCUT2D eigenvalue weighted by Gasteiger charge is 2.23. The largest absolute Gasteiger partial charge is 0.494 e. The third-order valence-corrected chi connectivity index (χ3v) is 3.84. The predicted octanol–water partition coefficient (Wildman–Crippen LogP) is 3.28. The van der Waals surface area contributed by atoms with Crippen LogP contribution < -0.4 is 25.4 Å². The number of amides is 3. The zero-order valence-electron chi connectivity index (χ0n) is 15.2. The highest BCUT2D eigenvalue weighted by atomic mass is 16.5. The summed E-state index contributed by atoms with van der Waals surface area (Å²) in [6.07, 6.45) is 1.95. The van der Waals surface area contributed by atoms with Crippen molar-refractivity contribution in [2.75, 3.05) is 18.5 Å². The third-order valence-electron chi connectivity index (χ3n) is 3.84. The fourth-order valence-electron chi connectivity index (χ4n) is 2.35. The molecule has 7 heteroatoms. The van der Waals surface area contributed by atoms with Crippen LogP contribution >= 0.6 is 0 Å². The second kappa shape index (κ2) is 8.93. The molecule has 0 heterocycles. The number of hydrogen-bond donors (Lipinski definition) is 3. The fraction of sp³-hybridized carbons (Fsp3) is 0.300. The van der Waals surface area contributed by atoms with Gasteiger partial charge >= 0.3 is 6.03 Å².